The topological polar surface area (TPSA) is 42.0 Å². The Hall–Kier alpha value is -2.17. The fraction of sp³-hybridized carbons (Fsp3) is 0.158. The largest absolute Gasteiger partial charge is 0.298 e. The van der Waals surface area contributed by atoms with Crippen LogP contribution in [-0.2, 0) is 12.8 Å². The minimum absolute atomic E-state index is 0.240. The molecule has 1 heterocycles. The predicted octanol–water partition coefficient (Wildman–Crippen LogP) is 5.20. The lowest BCUT2D eigenvalue weighted by Crippen LogP contribution is -2.12. The molecule has 1 aliphatic rings. The molecular weight excluding hydrogens is 340 g/mol. The number of nitrogens with one attached hydrogen (secondary N) is 1. The first-order chi connectivity index (χ1) is 11.7. The molecule has 0 fully saturated rings. The molecule has 1 aromatic heterocycles. The molecule has 120 valence electrons. The van der Waals surface area contributed by atoms with E-state index in [9.17, 15) is 4.79 Å². The Kier molecular flexibility index (Phi) is 4.08. The van der Waals surface area contributed by atoms with Crippen LogP contribution < -0.4 is 5.32 Å². The first-order valence-corrected chi connectivity index (χ1v) is 9.10. The van der Waals surface area contributed by atoms with Crippen molar-refractivity contribution in [2.45, 2.75) is 19.3 Å². The van der Waals surface area contributed by atoms with Crippen molar-refractivity contribution in [3.63, 3.8) is 0 Å². The summed E-state index contributed by atoms with van der Waals surface area (Å²) in [6.45, 7) is 0. The first-order valence-electron chi connectivity index (χ1n) is 7.84. The molecular formula is C19H15ClN2OS. The third-order valence-corrected chi connectivity index (χ3v) is 5.32. The van der Waals surface area contributed by atoms with Crippen molar-refractivity contribution in [3.05, 3.63) is 69.6 Å². The summed E-state index contributed by atoms with van der Waals surface area (Å²) in [7, 11) is 0. The van der Waals surface area contributed by atoms with Crippen LogP contribution in [-0.4, -0.2) is 10.9 Å². The quantitative estimate of drug-likeness (QED) is 0.702. The van der Waals surface area contributed by atoms with Gasteiger partial charge in [0, 0.05) is 10.9 Å². The van der Waals surface area contributed by atoms with Gasteiger partial charge in [0.25, 0.3) is 5.91 Å². The molecule has 2 aromatic carbocycles. The monoisotopic (exact) mass is 354 g/mol. The lowest BCUT2D eigenvalue weighted by Gasteiger charge is -2.04. The van der Waals surface area contributed by atoms with Gasteiger partial charge in [0.05, 0.1) is 16.3 Å². The summed E-state index contributed by atoms with van der Waals surface area (Å²) < 4.78 is 0. The average Bonchev–Trinajstić information content (AvgIpc) is 3.23. The molecule has 0 radical (unpaired) electrons. The predicted molar refractivity (Wildman–Crippen MR) is 99.0 cm³/mol. The molecule has 0 atom stereocenters. The molecule has 1 aliphatic carbocycles. The van der Waals surface area contributed by atoms with Gasteiger partial charge < -0.3 is 0 Å². The fourth-order valence-electron chi connectivity index (χ4n) is 3.00. The van der Waals surface area contributed by atoms with Gasteiger partial charge in [0.15, 0.2) is 5.13 Å². The number of hydrogen-bond donors (Lipinski definition) is 1. The fourth-order valence-corrected chi connectivity index (χ4v) is 3.94. The van der Waals surface area contributed by atoms with Gasteiger partial charge in [-0.15, -0.1) is 11.3 Å². The van der Waals surface area contributed by atoms with Gasteiger partial charge in [-0.25, -0.2) is 4.98 Å². The Balaban J connectivity index is 1.55. The van der Waals surface area contributed by atoms with Crippen LogP contribution in [0.25, 0.3) is 11.3 Å². The van der Waals surface area contributed by atoms with Crippen LogP contribution in [0, 0.1) is 0 Å². The maximum Gasteiger partial charge on any atom is 0.258 e. The maximum absolute atomic E-state index is 12.3. The van der Waals surface area contributed by atoms with Gasteiger partial charge in [0.2, 0.25) is 0 Å². The number of amides is 1. The molecule has 24 heavy (non-hydrogen) atoms. The number of nitrogens with zero attached hydrogens (tertiary/aromatic N) is 1. The van der Waals surface area contributed by atoms with Gasteiger partial charge >= 0.3 is 0 Å². The molecule has 0 saturated carbocycles. The number of rotatable bonds is 3. The van der Waals surface area contributed by atoms with Crippen molar-refractivity contribution in [2.24, 2.45) is 0 Å². The zero-order chi connectivity index (χ0) is 16.5. The molecule has 3 nitrogen and oxygen atoms in total. The van der Waals surface area contributed by atoms with E-state index in [4.69, 9.17) is 11.6 Å². The summed E-state index contributed by atoms with van der Waals surface area (Å²) in [5, 5.41) is 5.81. The molecule has 1 amide bonds. The van der Waals surface area contributed by atoms with Crippen LogP contribution in [0.2, 0.25) is 5.02 Å². The molecule has 5 heteroatoms. The second-order valence-corrected chi connectivity index (χ2v) is 7.07. The highest BCUT2D eigenvalue weighted by atomic mass is 35.5. The van der Waals surface area contributed by atoms with Crippen LogP contribution in [0.5, 0.6) is 0 Å². The van der Waals surface area contributed by atoms with Gasteiger partial charge in [-0.2, -0.15) is 0 Å². The third kappa shape index (κ3) is 2.95. The number of carbonyl (C=O) groups is 1. The van der Waals surface area contributed by atoms with Crippen molar-refractivity contribution in [2.75, 3.05) is 5.32 Å². The first kappa shape index (κ1) is 15.4. The van der Waals surface area contributed by atoms with Crippen LogP contribution in [0.1, 0.15) is 27.9 Å². The highest BCUT2D eigenvalue weighted by molar-refractivity contribution is 7.14. The number of fused-ring (bicyclic) bond motifs is 1. The van der Waals surface area contributed by atoms with Crippen molar-refractivity contribution < 1.29 is 4.79 Å². The van der Waals surface area contributed by atoms with Crippen LogP contribution >= 0.6 is 22.9 Å². The Morgan fingerprint density at radius 2 is 1.96 bits per heavy atom. The molecule has 0 spiro atoms. The number of anilines is 1. The van der Waals surface area contributed by atoms with E-state index in [1.54, 1.807) is 24.3 Å². The third-order valence-electron chi connectivity index (χ3n) is 4.24. The van der Waals surface area contributed by atoms with E-state index >= 15 is 0 Å². The van der Waals surface area contributed by atoms with Crippen molar-refractivity contribution in [3.8, 4) is 11.3 Å². The molecule has 3 aromatic rings. The second-order valence-electron chi connectivity index (χ2n) is 5.81. The van der Waals surface area contributed by atoms with Crippen LogP contribution in [0.3, 0.4) is 0 Å². The zero-order valence-corrected chi connectivity index (χ0v) is 14.5. The number of benzene rings is 2. The van der Waals surface area contributed by atoms with E-state index in [1.165, 1.54) is 35.3 Å². The Morgan fingerprint density at radius 3 is 2.83 bits per heavy atom. The molecule has 0 saturated heterocycles. The molecule has 0 unspecified atom stereocenters. The van der Waals surface area contributed by atoms with Gasteiger partial charge in [0.1, 0.15) is 0 Å². The van der Waals surface area contributed by atoms with Crippen molar-refractivity contribution >= 4 is 34.0 Å². The van der Waals surface area contributed by atoms with Gasteiger partial charge in [-0.3, -0.25) is 10.1 Å². The number of thiazole rings is 1. The number of hydrogen-bond acceptors (Lipinski definition) is 3. The van der Waals surface area contributed by atoms with Crippen molar-refractivity contribution in [1.82, 2.24) is 4.98 Å². The minimum Gasteiger partial charge on any atom is -0.298 e. The normalized spacial score (nSPS) is 12.9. The summed E-state index contributed by atoms with van der Waals surface area (Å²) in [6, 6.07) is 13.5. The summed E-state index contributed by atoms with van der Waals surface area (Å²) >= 11 is 7.48. The average molecular weight is 355 g/mol. The van der Waals surface area contributed by atoms with Gasteiger partial charge in [-0.1, -0.05) is 35.9 Å². The lowest BCUT2D eigenvalue weighted by molar-refractivity contribution is 0.102. The highest BCUT2D eigenvalue weighted by Crippen LogP contribution is 2.30. The summed E-state index contributed by atoms with van der Waals surface area (Å²) in [5.74, 6) is -0.240. The Morgan fingerprint density at radius 1 is 1.12 bits per heavy atom. The smallest absolute Gasteiger partial charge is 0.258 e. The number of carbonyl (C=O) groups excluding carboxylic acids is 1. The van der Waals surface area contributed by atoms with Crippen LogP contribution in [0.4, 0.5) is 5.13 Å². The maximum atomic E-state index is 12.3. The van der Waals surface area contributed by atoms with E-state index in [0.717, 1.165) is 17.7 Å². The Bertz CT molecular complexity index is 919. The Labute approximate surface area is 149 Å². The van der Waals surface area contributed by atoms with E-state index < -0.39 is 0 Å². The second kappa shape index (κ2) is 6.38. The van der Waals surface area contributed by atoms with Gasteiger partial charge in [-0.05, 0) is 48.6 Å². The molecule has 0 aliphatic heterocycles. The summed E-state index contributed by atoms with van der Waals surface area (Å²) in [5.41, 5.74) is 5.31. The molecule has 4 rings (SSSR count). The summed E-state index contributed by atoms with van der Waals surface area (Å²) in [4.78, 5) is 16.8. The van der Waals surface area contributed by atoms with E-state index in [-0.39, 0.29) is 5.91 Å². The van der Waals surface area contributed by atoms with Crippen LogP contribution in [0.15, 0.2) is 47.8 Å². The van der Waals surface area contributed by atoms with E-state index in [1.807, 2.05) is 5.38 Å². The lowest BCUT2D eigenvalue weighted by atomic mass is 10.1. The van der Waals surface area contributed by atoms with E-state index in [2.05, 4.69) is 28.5 Å². The molecule has 0 bridgehead atoms. The zero-order valence-electron chi connectivity index (χ0n) is 12.9. The standard InChI is InChI=1S/C19H15ClN2OS/c20-16-7-2-1-6-15(16)18(23)22-19-21-17(11-24-19)14-9-8-12-4-3-5-13(12)10-14/h1-2,6-11H,3-5H2,(H,21,22,23). The number of aryl methyl sites for hydroxylation is 2. The minimum atomic E-state index is -0.240. The highest BCUT2D eigenvalue weighted by Gasteiger charge is 2.15. The molecule has 1 N–H and O–H groups in total. The number of aromatic nitrogens is 1. The number of halogens is 1. The SMILES string of the molecule is O=C(Nc1nc(-c2ccc3c(c2)CCC3)cs1)c1ccccc1Cl. The van der Waals surface area contributed by atoms with Crippen molar-refractivity contribution in [1.29, 1.82) is 0 Å². The summed E-state index contributed by atoms with van der Waals surface area (Å²) in [6.07, 6.45) is 3.55. The van der Waals surface area contributed by atoms with E-state index in [0.29, 0.717) is 15.7 Å².